The van der Waals surface area contributed by atoms with Gasteiger partial charge in [0.05, 0.1) is 18.8 Å². The third-order valence-corrected chi connectivity index (χ3v) is 2.44. The Morgan fingerprint density at radius 1 is 1.50 bits per heavy atom. The highest BCUT2D eigenvalue weighted by atomic mass is 19.1. The van der Waals surface area contributed by atoms with Crippen LogP contribution in [0.15, 0.2) is 12.3 Å². The van der Waals surface area contributed by atoms with Gasteiger partial charge >= 0.3 is 0 Å². The Morgan fingerprint density at radius 2 is 2.19 bits per heavy atom. The van der Waals surface area contributed by atoms with Crippen molar-refractivity contribution >= 4 is 11.7 Å². The molecule has 86 valence electrons. The van der Waals surface area contributed by atoms with Crippen molar-refractivity contribution in [1.82, 2.24) is 9.88 Å². The number of carbonyl (C=O) groups excluding carboxylic acids is 1. The molecule has 1 aliphatic heterocycles. The van der Waals surface area contributed by atoms with E-state index in [0.29, 0.717) is 26.3 Å². The van der Waals surface area contributed by atoms with E-state index in [4.69, 9.17) is 10.5 Å². The minimum atomic E-state index is -0.751. The topological polar surface area (TPSA) is 68.5 Å². The Bertz CT molecular complexity index is 405. The minimum Gasteiger partial charge on any atom is -0.381 e. The minimum absolute atomic E-state index is 0.0330. The van der Waals surface area contributed by atoms with Crippen molar-refractivity contribution in [1.29, 1.82) is 0 Å². The van der Waals surface area contributed by atoms with E-state index in [1.54, 1.807) is 4.90 Å². The van der Waals surface area contributed by atoms with Crippen LogP contribution >= 0.6 is 0 Å². The van der Waals surface area contributed by atoms with Crippen LogP contribution in [0, 0.1) is 5.82 Å². The van der Waals surface area contributed by atoms with Crippen LogP contribution in [-0.4, -0.2) is 42.1 Å². The number of hydrogen-bond acceptors (Lipinski definition) is 4. The number of hydrogen-bond donors (Lipinski definition) is 1. The van der Waals surface area contributed by atoms with Gasteiger partial charge in [0.1, 0.15) is 0 Å². The summed E-state index contributed by atoms with van der Waals surface area (Å²) < 4.78 is 18.7. The highest BCUT2D eigenvalue weighted by molar-refractivity contribution is 5.95. The lowest BCUT2D eigenvalue weighted by atomic mass is 10.2. The summed E-state index contributed by atoms with van der Waals surface area (Å²) in [7, 11) is 0. The average Bonchev–Trinajstić information content (AvgIpc) is 2.33. The summed E-state index contributed by atoms with van der Waals surface area (Å²) in [6.45, 7) is 1.91. The standard InChI is InChI=1S/C10H12FN3O2/c11-8-7(1-2-13-9(8)12)10(15)14-3-5-16-6-4-14/h1-2H,3-6H2,(H2,12,13). The number of nitrogens with two attached hydrogens (primary N) is 1. The molecule has 0 saturated carbocycles. The van der Waals surface area contributed by atoms with E-state index < -0.39 is 5.82 Å². The molecule has 1 aliphatic rings. The lowest BCUT2D eigenvalue weighted by Gasteiger charge is -2.26. The average molecular weight is 225 g/mol. The first-order valence-corrected chi connectivity index (χ1v) is 4.97. The van der Waals surface area contributed by atoms with Crippen molar-refractivity contribution in [3.63, 3.8) is 0 Å². The first kappa shape index (κ1) is 10.8. The zero-order valence-corrected chi connectivity index (χ0v) is 8.65. The Balaban J connectivity index is 2.22. The fourth-order valence-corrected chi connectivity index (χ4v) is 1.56. The summed E-state index contributed by atoms with van der Waals surface area (Å²) in [6.07, 6.45) is 1.33. The molecule has 2 N–H and O–H groups in total. The van der Waals surface area contributed by atoms with Crippen LogP contribution in [0.25, 0.3) is 0 Å². The second kappa shape index (κ2) is 4.44. The first-order chi connectivity index (χ1) is 7.70. The van der Waals surface area contributed by atoms with Crippen LogP contribution in [0.1, 0.15) is 10.4 Å². The second-order valence-corrected chi connectivity index (χ2v) is 3.46. The fraction of sp³-hybridized carbons (Fsp3) is 0.400. The summed E-state index contributed by atoms with van der Waals surface area (Å²) in [6, 6.07) is 1.34. The number of morpholine rings is 1. The number of anilines is 1. The number of amides is 1. The molecule has 0 atom stereocenters. The zero-order valence-electron chi connectivity index (χ0n) is 8.65. The molecule has 6 heteroatoms. The van der Waals surface area contributed by atoms with Crippen LogP contribution in [0.2, 0.25) is 0 Å². The molecule has 2 rings (SSSR count). The highest BCUT2D eigenvalue weighted by Crippen LogP contribution is 2.14. The van der Waals surface area contributed by atoms with Crippen molar-refractivity contribution in [2.24, 2.45) is 0 Å². The maximum Gasteiger partial charge on any atom is 0.257 e. The van der Waals surface area contributed by atoms with E-state index in [1.807, 2.05) is 0 Å². The van der Waals surface area contributed by atoms with E-state index in [0.717, 1.165) is 0 Å². The summed E-state index contributed by atoms with van der Waals surface area (Å²) in [5.74, 6) is -1.37. The quantitative estimate of drug-likeness (QED) is 0.745. The smallest absolute Gasteiger partial charge is 0.257 e. The van der Waals surface area contributed by atoms with Crippen LogP contribution in [0.4, 0.5) is 10.2 Å². The number of halogens is 1. The Hall–Kier alpha value is -1.69. The SMILES string of the molecule is Nc1nccc(C(=O)N2CCOCC2)c1F. The molecule has 1 aromatic rings. The van der Waals surface area contributed by atoms with Crippen molar-refractivity contribution in [3.05, 3.63) is 23.6 Å². The van der Waals surface area contributed by atoms with Gasteiger partial charge in [-0.25, -0.2) is 9.37 Å². The lowest BCUT2D eigenvalue weighted by molar-refractivity contribution is 0.0300. The molecule has 2 heterocycles. The van der Waals surface area contributed by atoms with Gasteiger partial charge in [0.25, 0.3) is 5.91 Å². The third-order valence-electron chi connectivity index (χ3n) is 2.44. The number of carbonyl (C=O) groups is 1. The molecule has 0 spiro atoms. The van der Waals surface area contributed by atoms with Crippen molar-refractivity contribution in [2.75, 3.05) is 32.0 Å². The number of aromatic nitrogens is 1. The normalized spacial score (nSPS) is 16.2. The Labute approximate surface area is 92.0 Å². The van der Waals surface area contributed by atoms with Crippen molar-refractivity contribution in [3.8, 4) is 0 Å². The van der Waals surface area contributed by atoms with Crippen LogP contribution in [-0.2, 0) is 4.74 Å². The van der Waals surface area contributed by atoms with Crippen LogP contribution in [0.3, 0.4) is 0 Å². The third kappa shape index (κ3) is 1.96. The Kier molecular flexibility index (Phi) is 3.00. The van der Waals surface area contributed by atoms with Crippen LogP contribution < -0.4 is 5.73 Å². The second-order valence-electron chi connectivity index (χ2n) is 3.46. The first-order valence-electron chi connectivity index (χ1n) is 4.97. The summed E-state index contributed by atoms with van der Waals surface area (Å²) in [4.78, 5) is 17.0. The number of ether oxygens (including phenoxy) is 1. The fourth-order valence-electron chi connectivity index (χ4n) is 1.56. The predicted molar refractivity (Wildman–Crippen MR) is 55.3 cm³/mol. The van der Waals surface area contributed by atoms with Crippen molar-refractivity contribution in [2.45, 2.75) is 0 Å². The van der Waals surface area contributed by atoms with Gasteiger partial charge in [0.2, 0.25) is 0 Å². The van der Waals surface area contributed by atoms with Gasteiger partial charge in [-0.05, 0) is 6.07 Å². The molecule has 1 fully saturated rings. The molecule has 1 amide bonds. The van der Waals surface area contributed by atoms with Gasteiger partial charge in [-0.1, -0.05) is 0 Å². The van der Waals surface area contributed by atoms with E-state index in [9.17, 15) is 9.18 Å². The van der Waals surface area contributed by atoms with E-state index in [2.05, 4.69) is 4.98 Å². The van der Waals surface area contributed by atoms with E-state index >= 15 is 0 Å². The molecule has 0 radical (unpaired) electrons. The predicted octanol–water partition coefficient (Wildman–Crippen LogP) is 0.275. The molecule has 0 unspecified atom stereocenters. The molecule has 16 heavy (non-hydrogen) atoms. The number of nitrogens with zero attached hydrogens (tertiary/aromatic N) is 2. The van der Waals surface area contributed by atoms with Gasteiger partial charge in [0.15, 0.2) is 11.6 Å². The van der Waals surface area contributed by atoms with E-state index in [-0.39, 0.29) is 17.3 Å². The molecule has 1 saturated heterocycles. The number of nitrogen functional groups attached to an aromatic ring is 1. The molecule has 0 aromatic carbocycles. The maximum absolute atomic E-state index is 13.5. The lowest BCUT2D eigenvalue weighted by Crippen LogP contribution is -2.41. The summed E-state index contributed by atoms with van der Waals surface area (Å²) in [5.41, 5.74) is 5.27. The summed E-state index contributed by atoms with van der Waals surface area (Å²) in [5, 5.41) is 0. The van der Waals surface area contributed by atoms with Crippen LogP contribution in [0.5, 0.6) is 0 Å². The molecular weight excluding hydrogens is 213 g/mol. The molecule has 1 aromatic heterocycles. The molecule has 0 aliphatic carbocycles. The molecule has 0 bridgehead atoms. The highest BCUT2D eigenvalue weighted by Gasteiger charge is 2.22. The van der Waals surface area contributed by atoms with Gasteiger partial charge in [-0.2, -0.15) is 0 Å². The number of pyridine rings is 1. The summed E-state index contributed by atoms with van der Waals surface area (Å²) >= 11 is 0. The molecular formula is C10H12FN3O2. The van der Waals surface area contributed by atoms with Crippen molar-refractivity contribution < 1.29 is 13.9 Å². The molecule has 5 nitrogen and oxygen atoms in total. The van der Waals surface area contributed by atoms with Gasteiger partial charge < -0.3 is 15.4 Å². The monoisotopic (exact) mass is 225 g/mol. The zero-order chi connectivity index (χ0) is 11.5. The maximum atomic E-state index is 13.5. The Morgan fingerprint density at radius 3 is 2.88 bits per heavy atom. The van der Waals surface area contributed by atoms with Gasteiger partial charge in [-0.3, -0.25) is 4.79 Å². The van der Waals surface area contributed by atoms with E-state index in [1.165, 1.54) is 12.3 Å². The van der Waals surface area contributed by atoms with Gasteiger partial charge in [0, 0.05) is 19.3 Å². The largest absolute Gasteiger partial charge is 0.381 e. The van der Waals surface area contributed by atoms with Gasteiger partial charge in [-0.15, -0.1) is 0 Å². The number of rotatable bonds is 1.